The summed E-state index contributed by atoms with van der Waals surface area (Å²) >= 11 is 5.17. The Morgan fingerprint density at radius 1 is 1.14 bits per heavy atom. The fourth-order valence-corrected chi connectivity index (χ4v) is 1.09. The first-order chi connectivity index (χ1) is 6.43. The van der Waals surface area contributed by atoms with Crippen molar-refractivity contribution in [1.82, 2.24) is 0 Å². The second-order valence-corrected chi connectivity index (χ2v) is 2.82. The van der Waals surface area contributed by atoms with Gasteiger partial charge in [0.2, 0.25) is 0 Å². The van der Waals surface area contributed by atoms with E-state index < -0.39 is 17.6 Å². The van der Waals surface area contributed by atoms with Crippen LogP contribution in [0, 0.1) is 5.82 Å². The maximum Gasteiger partial charge on any atom is 0.416 e. The van der Waals surface area contributed by atoms with Crippen LogP contribution in [0.1, 0.15) is 11.1 Å². The fraction of sp³-hybridized carbons (Fsp3) is 0.111. The summed E-state index contributed by atoms with van der Waals surface area (Å²) in [5, 5.41) is 0. The molecule has 0 fully saturated rings. The molecule has 1 aromatic carbocycles. The van der Waals surface area contributed by atoms with Crippen LogP contribution in [0.2, 0.25) is 0 Å². The SMILES string of the molecule is Fc1cc(C=CCl)cc(C(F)(F)F)c1. The molecule has 0 saturated carbocycles. The Morgan fingerprint density at radius 3 is 2.29 bits per heavy atom. The molecule has 0 amide bonds. The molecule has 0 aliphatic carbocycles. The Balaban J connectivity index is 3.20. The van der Waals surface area contributed by atoms with E-state index in [9.17, 15) is 17.6 Å². The first kappa shape index (κ1) is 11.0. The van der Waals surface area contributed by atoms with Crippen LogP contribution in [-0.4, -0.2) is 0 Å². The van der Waals surface area contributed by atoms with E-state index in [0.29, 0.717) is 6.07 Å². The summed E-state index contributed by atoms with van der Waals surface area (Å²) in [4.78, 5) is 0. The van der Waals surface area contributed by atoms with E-state index in [4.69, 9.17) is 11.6 Å². The van der Waals surface area contributed by atoms with Crippen molar-refractivity contribution in [3.63, 3.8) is 0 Å². The first-order valence-corrected chi connectivity index (χ1v) is 4.01. The highest BCUT2D eigenvalue weighted by Crippen LogP contribution is 2.30. The van der Waals surface area contributed by atoms with E-state index in [1.165, 1.54) is 6.08 Å². The van der Waals surface area contributed by atoms with Crippen molar-refractivity contribution in [3.05, 3.63) is 40.7 Å². The van der Waals surface area contributed by atoms with Crippen molar-refractivity contribution in [1.29, 1.82) is 0 Å². The summed E-state index contributed by atoms with van der Waals surface area (Å²) in [6.07, 6.45) is -3.36. The third kappa shape index (κ3) is 2.73. The Labute approximate surface area is 82.8 Å². The largest absolute Gasteiger partial charge is 0.416 e. The van der Waals surface area contributed by atoms with Gasteiger partial charge in [-0.1, -0.05) is 11.6 Å². The minimum Gasteiger partial charge on any atom is -0.207 e. The summed E-state index contributed by atoms with van der Waals surface area (Å²) in [5.74, 6) is -0.940. The van der Waals surface area contributed by atoms with Gasteiger partial charge >= 0.3 is 6.18 Å². The van der Waals surface area contributed by atoms with Gasteiger partial charge in [-0.25, -0.2) is 4.39 Å². The van der Waals surface area contributed by atoms with Gasteiger partial charge in [-0.05, 0) is 29.8 Å². The molecule has 0 unspecified atom stereocenters. The Hall–Kier alpha value is -1.03. The molecule has 0 spiro atoms. The summed E-state index contributed by atoms with van der Waals surface area (Å²) in [6, 6.07) is 2.22. The number of hydrogen-bond acceptors (Lipinski definition) is 0. The highest BCUT2D eigenvalue weighted by Gasteiger charge is 2.31. The molecule has 0 aliphatic rings. The van der Waals surface area contributed by atoms with Crippen molar-refractivity contribution in [3.8, 4) is 0 Å². The Bertz CT molecular complexity index is 354. The van der Waals surface area contributed by atoms with Crippen LogP contribution < -0.4 is 0 Å². The first-order valence-electron chi connectivity index (χ1n) is 3.58. The lowest BCUT2D eigenvalue weighted by Gasteiger charge is -2.07. The van der Waals surface area contributed by atoms with Gasteiger partial charge in [0.15, 0.2) is 0 Å². The Morgan fingerprint density at radius 2 is 1.79 bits per heavy atom. The molecule has 0 heterocycles. The molecule has 76 valence electrons. The van der Waals surface area contributed by atoms with Crippen LogP contribution in [-0.2, 0) is 6.18 Å². The molecule has 5 heteroatoms. The quantitative estimate of drug-likeness (QED) is 0.631. The molecule has 0 radical (unpaired) electrons. The van der Waals surface area contributed by atoms with Crippen LogP contribution in [0.4, 0.5) is 17.6 Å². The lowest BCUT2D eigenvalue weighted by molar-refractivity contribution is -0.137. The average Bonchev–Trinajstić information content (AvgIpc) is 2.02. The van der Waals surface area contributed by atoms with Gasteiger partial charge in [0, 0.05) is 5.54 Å². The molecule has 0 atom stereocenters. The van der Waals surface area contributed by atoms with Crippen molar-refractivity contribution >= 4 is 17.7 Å². The van der Waals surface area contributed by atoms with Crippen LogP contribution in [0.25, 0.3) is 6.08 Å². The van der Waals surface area contributed by atoms with Gasteiger partial charge in [0.1, 0.15) is 5.82 Å². The van der Waals surface area contributed by atoms with Crippen molar-refractivity contribution in [2.24, 2.45) is 0 Å². The van der Waals surface area contributed by atoms with Crippen LogP contribution in [0.5, 0.6) is 0 Å². The van der Waals surface area contributed by atoms with Crippen molar-refractivity contribution in [2.45, 2.75) is 6.18 Å². The highest BCUT2D eigenvalue weighted by molar-refractivity contribution is 6.27. The number of rotatable bonds is 1. The maximum atomic E-state index is 12.7. The zero-order chi connectivity index (χ0) is 10.8. The third-order valence-electron chi connectivity index (χ3n) is 1.50. The summed E-state index contributed by atoms with van der Waals surface area (Å²) in [5.41, 5.74) is 0.0733. The van der Waals surface area contributed by atoms with E-state index in [2.05, 4.69) is 0 Å². The third-order valence-corrected chi connectivity index (χ3v) is 1.63. The fourth-order valence-electron chi connectivity index (χ4n) is 0.945. The topological polar surface area (TPSA) is 0 Å². The van der Waals surface area contributed by atoms with Gasteiger partial charge in [0.05, 0.1) is 5.56 Å². The molecule has 1 aromatic rings. The van der Waals surface area contributed by atoms with E-state index >= 15 is 0 Å². The normalized spacial score (nSPS) is 12.4. The molecule has 0 aliphatic heterocycles. The van der Waals surface area contributed by atoms with Gasteiger partial charge in [0.25, 0.3) is 0 Å². The van der Waals surface area contributed by atoms with E-state index in [-0.39, 0.29) is 5.56 Å². The zero-order valence-corrected chi connectivity index (χ0v) is 7.53. The molecule has 1 rings (SSSR count). The maximum absolute atomic E-state index is 12.7. The molecule has 0 N–H and O–H groups in total. The lowest BCUT2D eigenvalue weighted by Crippen LogP contribution is -2.05. The minimum absolute atomic E-state index is 0.0762. The lowest BCUT2D eigenvalue weighted by atomic mass is 10.1. The predicted molar refractivity (Wildman–Crippen MR) is 46.3 cm³/mol. The number of hydrogen-bond donors (Lipinski definition) is 0. The van der Waals surface area contributed by atoms with E-state index in [1.54, 1.807) is 0 Å². The van der Waals surface area contributed by atoms with E-state index in [1.807, 2.05) is 0 Å². The monoisotopic (exact) mass is 224 g/mol. The zero-order valence-electron chi connectivity index (χ0n) is 6.78. The van der Waals surface area contributed by atoms with Crippen LogP contribution in [0.15, 0.2) is 23.7 Å². The molecule has 0 bridgehead atoms. The Kier molecular flexibility index (Phi) is 3.16. The molecule has 0 aromatic heterocycles. The van der Waals surface area contributed by atoms with E-state index in [0.717, 1.165) is 17.7 Å². The molecular weight excluding hydrogens is 220 g/mol. The molecule has 0 nitrogen and oxygen atoms in total. The number of alkyl halides is 3. The average molecular weight is 225 g/mol. The minimum atomic E-state index is -4.54. The van der Waals surface area contributed by atoms with Gasteiger partial charge in [-0.2, -0.15) is 13.2 Å². The van der Waals surface area contributed by atoms with Crippen LogP contribution >= 0.6 is 11.6 Å². The van der Waals surface area contributed by atoms with Gasteiger partial charge in [-0.15, -0.1) is 0 Å². The predicted octanol–water partition coefficient (Wildman–Crippen LogP) is 4.05. The molecular formula is C9H5ClF4. The summed E-state index contributed by atoms with van der Waals surface area (Å²) < 4.78 is 49.2. The van der Waals surface area contributed by atoms with Crippen LogP contribution in [0.3, 0.4) is 0 Å². The summed E-state index contributed by atoms with van der Waals surface area (Å²) in [6.45, 7) is 0. The number of halogens is 5. The second kappa shape index (κ2) is 4.00. The standard InChI is InChI=1S/C9H5ClF4/c10-2-1-6-3-7(9(12,13)14)5-8(11)4-6/h1-5H. The van der Waals surface area contributed by atoms with Crippen molar-refractivity contribution < 1.29 is 17.6 Å². The molecule has 14 heavy (non-hydrogen) atoms. The van der Waals surface area contributed by atoms with Gasteiger partial charge < -0.3 is 0 Å². The van der Waals surface area contributed by atoms with Gasteiger partial charge in [-0.3, -0.25) is 0 Å². The second-order valence-electron chi connectivity index (χ2n) is 2.56. The smallest absolute Gasteiger partial charge is 0.207 e. The molecule has 0 saturated heterocycles. The van der Waals surface area contributed by atoms with Crippen molar-refractivity contribution in [2.75, 3.05) is 0 Å². The summed E-state index contributed by atoms with van der Waals surface area (Å²) in [7, 11) is 0. The number of benzene rings is 1. The highest BCUT2D eigenvalue weighted by atomic mass is 35.5.